The summed E-state index contributed by atoms with van der Waals surface area (Å²) >= 11 is 0. The fourth-order valence-corrected chi connectivity index (χ4v) is 3.40. The van der Waals surface area contributed by atoms with E-state index in [-0.39, 0.29) is 0 Å². The molecule has 2 aliphatic heterocycles. The van der Waals surface area contributed by atoms with Gasteiger partial charge in [0.05, 0.1) is 0 Å². The number of hydrogen-bond donors (Lipinski definition) is 0. The van der Waals surface area contributed by atoms with E-state index in [2.05, 4.69) is 0 Å². The molecule has 2 aromatic carbocycles. The summed E-state index contributed by atoms with van der Waals surface area (Å²) in [6, 6.07) is 13.2. The normalized spacial score (nSPS) is 26.5. The molecule has 0 amide bonds. The molecule has 126 valence electrons. The van der Waals surface area contributed by atoms with Crippen LogP contribution < -0.4 is 0 Å². The lowest BCUT2D eigenvalue weighted by atomic mass is 9.68. The van der Waals surface area contributed by atoms with Gasteiger partial charge in [0.25, 0.3) is 0 Å². The zero-order valence-corrected chi connectivity index (χ0v) is 14.2. The molecule has 2 aromatic rings. The van der Waals surface area contributed by atoms with Gasteiger partial charge in [0, 0.05) is 11.2 Å². The Morgan fingerprint density at radius 1 is 0.917 bits per heavy atom. The maximum atomic E-state index is 11.9. The summed E-state index contributed by atoms with van der Waals surface area (Å²) in [6.07, 6.45) is -0.762. The van der Waals surface area contributed by atoms with Crippen molar-refractivity contribution in [2.45, 2.75) is 44.9 Å². The van der Waals surface area contributed by atoms with Crippen LogP contribution in [0, 0.1) is 0 Å². The molecular weight excluding hydrogens is 307 g/mol. The molecule has 2 heterocycles. The highest BCUT2D eigenvalue weighted by molar-refractivity contribution is 6.65. The number of carbonyl (C=O) groups is 1. The quantitative estimate of drug-likeness (QED) is 0.582. The molecule has 24 heavy (non-hydrogen) atoms. The van der Waals surface area contributed by atoms with Crippen LogP contribution in [0.25, 0.3) is 10.8 Å². The van der Waals surface area contributed by atoms with Gasteiger partial charge in [-0.3, -0.25) is 0 Å². The average molecular weight is 327 g/mol. The lowest BCUT2D eigenvalue weighted by Gasteiger charge is -2.36. The molecule has 0 aromatic heterocycles. The third kappa shape index (κ3) is 2.13. The third-order valence-electron chi connectivity index (χ3n) is 5.32. The molecule has 4 rings (SSSR count). The molecule has 2 fully saturated rings. The summed E-state index contributed by atoms with van der Waals surface area (Å²) in [7, 11) is 0. The maximum absolute atomic E-state index is 11.9. The van der Waals surface area contributed by atoms with Crippen LogP contribution in [-0.4, -0.2) is 24.1 Å². The van der Waals surface area contributed by atoms with E-state index in [1.54, 1.807) is 0 Å². The van der Waals surface area contributed by atoms with Crippen molar-refractivity contribution in [2.75, 3.05) is 0 Å². The molecule has 0 saturated carbocycles. The van der Waals surface area contributed by atoms with Crippen molar-refractivity contribution < 1.29 is 23.5 Å². The Kier molecular flexibility index (Phi) is 3.06. The zero-order chi connectivity index (χ0) is 17.2. The van der Waals surface area contributed by atoms with Gasteiger partial charge in [-0.05, 0) is 44.0 Å². The second-order valence-electron chi connectivity index (χ2n) is 7.47. The highest BCUT2D eigenvalue weighted by atomic mass is 16.9. The molecule has 0 aliphatic carbocycles. The number of hydrogen-bond acceptors (Lipinski definition) is 5. The monoisotopic (exact) mass is 327 g/mol. The topological polar surface area (TPSA) is 54.0 Å². The fourth-order valence-electron chi connectivity index (χ4n) is 3.40. The Labute approximate surface area is 140 Å². The molecule has 5 nitrogen and oxygen atoms in total. The van der Waals surface area contributed by atoms with Crippen molar-refractivity contribution in [2.24, 2.45) is 0 Å². The van der Waals surface area contributed by atoms with E-state index in [4.69, 9.17) is 18.7 Å². The van der Waals surface area contributed by atoms with E-state index in [1.165, 1.54) is 0 Å². The van der Waals surface area contributed by atoms with E-state index in [9.17, 15) is 4.79 Å². The molecular formula is C18H20BO5-. The predicted octanol–water partition coefficient (Wildman–Crippen LogP) is 4.13. The second kappa shape index (κ2) is 4.74. The zero-order valence-electron chi connectivity index (χ0n) is 14.2. The minimum Gasteiger partial charge on any atom is -0.609 e. The van der Waals surface area contributed by atoms with Gasteiger partial charge in [-0.15, -0.1) is 0 Å². The number of cyclic esters (lactones) is 1. The second-order valence-corrected chi connectivity index (χ2v) is 7.47. The van der Waals surface area contributed by atoms with Crippen molar-refractivity contribution in [3.63, 3.8) is 0 Å². The van der Waals surface area contributed by atoms with Crippen LogP contribution >= 0.6 is 0 Å². The molecule has 0 bridgehead atoms. The first kappa shape index (κ1) is 15.5. The van der Waals surface area contributed by atoms with Gasteiger partial charge in [-0.1, -0.05) is 42.5 Å². The van der Waals surface area contributed by atoms with Gasteiger partial charge >= 0.3 is 12.9 Å². The van der Waals surface area contributed by atoms with Crippen molar-refractivity contribution in [1.29, 1.82) is 0 Å². The lowest BCUT2D eigenvalue weighted by Crippen LogP contribution is -2.45. The SMILES string of the molecule is CC1(C)O[B-]2(OC(=O)OC2c2ccc3ccccc3c2)OC1(C)C. The van der Waals surface area contributed by atoms with Gasteiger partial charge < -0.3 is 18.7 Å². The minimum atomic E-state index is -2.36. The molecule has 2 aliphatic rings. The molecule has 2 saturated heterocycles. The minimum absolute atomic E-state index is 0.615. The van der Waals surface area contributed by atoms with Gasteiger partial charge in [-0.25, -0.2) is 4.79 Å². The first-order valence-electron chi connectivity index (χ1n) is 8.15. The van der Waals surface area contributed by atoms with Gasteiger partial charge in [0.15, 0.2) is 0 Å². The van der Waals surface area contributed by atoms with E-state index >= 15 is 0 Å². The molecule has 0 N–H and O–H groups in total. The van der Waals surface area contributed by atoms with E-state index in [0.717, 1.165) is 16.3 Å². The lowest BCUT2D eigenvalue weighted by molar-refractivity contribution is 0.00578. The summed E-state index contributed by atoms with van der Waals surface area (Å²) in [5.74, 6) is 0. The Bertz CT molecular complexity index is 813. The van der Waals surface area contributed by atoms with Crippen LogP contribution in [0.15, 0.2) is 42.5 Å². The average Bonchev–Trinajstić information content (AvgIpc) is 2.90. The van der Waals surface area contributed by atoms with Crippen molar-refractivity contribution >= 4 is 23.7 Å². The number of ether oxygens (including phenoxy) is 1. The third-order valence-corrected chi connectivity index (χ3v) is 5.32. The maximum Gasteiger partial charge on any atom is 0.484 e. The van der Waals surface area contributed by atoms with Crippen molar-refractivity contribution in [3.05, 3.63) is 48.0 Å². The summed E-state index contributed by atoms with van der Waals surface area (Å²) in [6.45, 7) is 5.34. The number of rotatable bonds is 1. The van der Waals surface area contributed by atoms with Gasteiger partial charge in [-0.2, -0.15) is 0 Å². The van der Waals surface area contributed by atoms with Gasteiger partial charge in [0.1, 0.15) is 6.00 Å². The summed E-state index contributed by atoms with van der Waals surface area (Å²) < 4.78 is 23.1. The largest absolute Gasteiger partial charge is 0.609 e. The van der Waals surface area contributed by atoms with Crippen LogP contribution in [0.2, 0.25) is 0 Å². The van der Waals surface area contributed by atoms with E-state index < -0.39 is 30.1 Å². The van der Waals surface area contributed by atoms with Gasteiger partial charge in [0.2, 0.25) is 0 Å². The standard InChI is InChI=1S/C18H20BO5/c1-17(2)18(3,4)24-19(23-17)15(21-16(20)22-19)14-10-9-12-7-5-6-8-13(12)11-14/h5-11,15H,1-4H3/q-1. The smallest absolute Gasteiger partial charge is 0.484 e. The number of fused-ring (bicyclic) bond motifs is 1. The Morgan fingerprint density at radius 2 is 1.54 bits per heavy atom. The molecule has 1 atom stereocenters. The van der Waals surface area contributed by atoms with Crippen LogP contribution in [0.4, 0.5) is 4.79 Å². The van der Waals surface area contributed by atoms with E-state index in [0.29, 0.717) is 0 Å². The summed E-state index contributed by atoms with van der Waals surface area (Å²) in [4.78, 5) is 11.9. The molecule has 0 radical (unpaired) electrons. The first-order chi connectivity index (χ1) is 11.2. The van der Waals surface area contributed by atoms with Crippen LogP contribution in [-0.2, 0) is 18.7 Å². The Balaban J connectivity index is 1.79. The molecule has 1 spiro atoms. The van der Waals surface area contributed by atoms with Crippen molar-refractivity contribution in [3.8, 4) is 0 Å². The highest BCUT2D eigenvalue weighted by Crippen LogP contribution is 2.50. The number of carbonyl (C=O) groups excluding carboxylic acids is 1. The predicted molar refractivity (Wildman–Crippen MR) is 90.3 cm³/mol. The summed E-state index contributed by atoms with van der Waals surface area (Å²) in [5, 5.41) is 2.17. The van der Waals surface area contributed by atoms with Crippen LogP contribution in [0.5, 0.6) is 0 Å². The first-order valence-corrected chi connectivity index (χ1v) is 8.15. The van der Waals surface area contributed by atoms with Crippen LogP contribution in [0.3, 0.4) is 0 Å². The summed E-state index contributed by atoms with van der Waals surface area (Å²) in [5.41, 5.74) is -0.431. The van der Waals surface area contributed by atoms with Crippen molar-refractivity contribution in [1.82, 2.24) is 0 Å². The Hall–Kier alpha value is -2.05. The molecule has 1 unspecified atom stereocenters. The van der Waals surface area contributed by atoms with E-state index in [1.807, 2.05) is 70.2 Å². The van der Waals surface area contributed by atoms with Crippen LogP contribution in [0.1, 0.15) is 39.3 Å². The highest BCUT2D eigenvalue weighted by Gasteiger charge is 2.63. The molecule has 6 heteroatoms. The number of benzene rings is 2. The fraction of sp³-hybridized carbons (Fsp3) is 0.389. The Morgan fingerprint density at radius 3 is 2.21 bits per heavy atom.